The number of ether oxygens (including phenoxy) is 1. The van der Waals surface area contributed by atoms with Crippen LogP contribution < -0.4 is 15.0 Å². The normalized spacial score (nSPS) is 15.8. The minimum absolute atomic E-state index is 0.157. The molecule has 2 amide bonds. The molecule has 2 aromatic rings. The average molecular weight is 364 g/mol. The SMILES string of the molecule is COc1ccccc1C(=O)NCc1ccc2c(c1)CCCN2C(=O)C1CC1. The Morgan fingerprint density at radius 1 is 1.19 bits per heavy atom. The molecule has 27 heavy (non-hydrogen) atoms. The largest absolute Gasteiger partial charge is 0.496 e. The molecule has 1 fully saturated rings. The van der Waals surface area contributed by atoms with Gasteiger partial charge in [-0.25, -0.2) is 0 Å². The van der Waals surface area contributed by atoms with Gasteiger partial charge < -0.3 is 15.0 Å². The quantitative estimate of drug-likeness (QED) is 0.885. The fourth-order valence-corrected chi connectivity index (χ4v) is 3.65. The van der Waals surface area contributed by atoms with Crippen LogP contribution in [0.2, 0.25) is 0 Å². The van der Waals surface area contributed by atoms with Gasteiger partial charge in [-0.1, -0.05) is 24.3 Å². The third kappa shape index (κ3) is 3.68. The van der Waals surface area contributed by atoms with Crippen LogP contribution in [0.5, 0.6) is 5.75 Å². The van der Waals surface area contributed by atoms with Gasteiger partial charge in [0, 0.05) is 24.7 Å². The van der Waals surface area contributed by atoms with Gasteiger partial charge >= 0.3 is 0 Å². The Hall–Kier alpha value is -2.82. The molecule has 1 saturated carbocycles. The number of hydrogen-bond acceptors (Lipinski definition) is 3. The predicted octanol–water partition coefficient (Wildman–Crippen LogP) is 3.31. The van der Waals surface area contributed by atoms with Gasteiger partial charge in [0.25, 0.3) is 5.91 Å². The molecule has 1 aliphatic carbocycles. The maximum absolute atomic E-state index is 12.5. The molecule has 1 N–H and O–H groups in total. The van der Waals surface area contributed by atoms with Gasteiger partial charge in [-0.2, -0.15) is 0 Å². The summed E-state index contributed by atoms with van der Waals surface area (Å²) in [5.41, 5.74) is 3.80. The number of fused-ring (bicyclic) bond motifs is 1. The first-order chi connectivity index (χ1) is 13.2. The molecule has 5 nitrogen and oxygen atoms in total. The van der Waals surface area contributed by atoms with Crippen molar-refractivity contribution in [1.29, 1.82) is 0 Å². The minimum atomic E-state index is -0.157. The van der Waals surface area contributed by atoms with Crippen molar-refractivity contribution >= 4 is 17.5 Å². The molecular formula is C22H24N2O3. The van der Waals surface area contributed by atoms with Crippen LogP contribution in [0.25, 0.3) is 0 Å². The molecule has 0 spiro atoms. The second-order valence-electron chi connectivity index (χ2n) is 7.21. The lowest BCUT2D eigenvalue weighted by Gasteiger charge is -2.30. The van der Waals surface area contributed by atoms with E-state index in [-0.39, 0.29) is 17.7 Å². The lowest BCUT2D eigenvalue weighted by atomic mass is 9.98. The van der Waals surface area contributed by atoms with E-state index >= 15 is 0 Å². The number of benzene rings is 2. The highest BCUT2D eigenvalue weighted by Crippen LogP contribution is 2.36. The van der Waals surface area contributed by atoms with Crippen molar-refractivity contribution in [2.24, 2.45) is 5.92 Å². The fourth-order valence-electron chi connectivity index (χ4n) is 3.65. The summed E-state index contributed by atoms with van der Waals surface area (Å²) in [5, 5.41) is 2.96. The van der Waals surface area contributed by atoms with Crippen LogP contribution in [0.15, 0.2) is 42.5 Å². The highest BCUT2D eigenvalue weighted by atomic mass is 16.5. The fraction of sp³-hybridized carbons (Fsp3) is 0.364. The molecule has 140 valence electrons. The third-order valence-electron chi connectivity index (χ3n) is 5.26. The molecule has 5 heteroatoms. The van der Waals surface area contributed by atoms with Gasteiger partial charge in [0.1, 0.15) is 5.75 Å². The van der Waals surface area contributed by atoms with Gasteiger partial charge in [-0.05, 0) is 55.0 Å². The molecule has 0 unspecified atom stereocenters. The number of carbonyl (C=O) groups excluding carboxylic acids is 2. The van der Waals surface area contributed by atoms with Crippen LogP contribution >= 0.6 is 0 Å². The van der Waals surface area contributed by atoms with E-state index in [9.17, 15) is 9.59 Å². The number of aryl methyl sites for hydroxylation is 1. The summed E-state index contributed by atoms with van der Waals surface area (Å²) in [6.07, 6.45) is 4.01. The zero-order chi connectivity index (χ0) is 18.8. The van der Waals surface area contributed by atoms with Crippen LogP contribution in [-0.4, -0.2) is 25.5 Å². The Morgan fingerprint density at radius 2 is 2.00 bits per heavy atom. The maximum atomic E-state index is 12.5. The predicted molar refractivity (Wildman–Crippen MR) is 104 cm³/mol. The summed E-state index contributed by atoms with van der Waals surface area (Å²) in [5.74, 6) is 0.911. The van der Waals surface area contributed by atoms with Crippen LogP contribution in [0, 0.1) is 5.92 Å². The summed E-state index contributed by atoms with van der Waals surface area (Å²) < 4.78 is 5.25. The number of nitrogens with one attached hydrogen (secondary N) is 1. The molecular weight excluding hydrogens is 340 g/mol. The van der Waals surface area contributed by atoms with Crippen molar-refractivity contribution in [3.8, 4) is 5.75 Å². The third-order valence-corrected chi connectivity index (χ3v) is 5.26. The van der Waals surface area contributed by atoms with E-state index in [1.807, 2.05) is 29.2 Å². The Bertz CT molecular complexity index is 874. The first-order valence-corrected chi connectivity index (χ1v) is 9.52. The minimum Gasteiger partial charge on any atom is -0.496 e. The van der Waals surface area contributed by atoms with Crippen LogP contribution in [0.1, 0.15) is 40.7 Å². The first-order valence-electron chi connectivity index (χ1n) is 9.52. The van der Waals surface area contributed by atoms with Crippen molar-refractivity contribution < 1.29 is 14.3 Å². The number of amides is 2. The molecule has 4 rings (SSSR count). The Labute approximate surface area is 159 Å². The zero-order valence-corrected chi connectivity index (χ0v) is 15.5. The highest BCUT2D eigenvalue weighted by Gasteiger charge is 2.35. The van der Waals surface area contributed by atoms with Crippen molar-refractivity contribution in [3.63, 3.8) is 0 Å². The van der Waals surface area contributed by atoms with E-state index in [0.29, 0.717) is 17.9 Å². The zero-order valence-electron chi connectivity index (χ0n) is 15.5. The molecule has 1 aliphatic heterocycles. The van der Waals surface area contributed by atoms with E-state index in [2.05, 4.69) is 11.4 Å². The van der Waals surface area contributed by atoms with Crippen molar-refractivity contribution in [3.05, 3.63) is 59.2 Å². The van der Waals surface area contributed by atoms with Gasteiger partial charge in [0.15, 0.2) is 0 Å². The average Bonchev–Trinajstić information content (AvgIpc) is 3.56. The van der Waals surface area contributed by atoms with Gasteiger partial charge in [0.05, 0.1) is 12.7 Å². The Balaban J connectivity index is 1.46. The molecule has 2 aliphatic rings. The molecule has 2 aromatic carbocycles. The first kappa shape index (κ1) is 17.6. The summed E-state index contributed by atoms with van der Waals surface area (Å²) >= 11 is 0. The molecule has 0 aromatic heterocycles. The van der Waals surface area contributed by atoms with Crippen LogP contribution in [-0.2, 0) is 17.8 Å². The second kappa shape index (κ2) is 7.43. The van der Waals surface area contributed by atoms with E-state index in [4.69, 9.17) is 4.74 Å². The number of nitrogens with zero attached hydrogens (tertiary/aromatic N) is 1. The van der Waals surface area contributed by atoms with Gasteiger partial charge in [0.2, 0.25) is 5.91 Å². The number of rotatable bonds is 5. The molecule has 0 radical (unpaired) electrons. The maximum Gasteiger partial charge on any atom is 0.255 e. The van der Waals surface area contributed by atoms with Gasteiger partial charge in [-0.15, -0.1) is 0 Å². The number of anilines is 1. The number of hydrogen-bond donors (Lipinski definition) is 1. The van der Waals surface area contributed by atoms with E-state index in [1.54, 1.807) is 19.2 Å². The lowest BCUT2D eigenvalue weighted by molar-refractivity contribution is -0.119. The second-order valence-corrected chi connectivity index (χ2v) is 7.21. The van der Waals surface area contributed by atoms with E-state index in [0.717, 1.165) is 43.5 Å². The Kier molecular flexibility index (Phi) is 4.84. The van der Waals surface area contributed by atoms with Crippen LogP contribution in [0.3, 0.4) is 0 Å². The summed E-state index contributed by atoms with van der Waals surface area (Å²) in [4.78, 5) is 26.9. The number of carbonyl (C=O) groups is 2. The van der Waals surface area contributed by atoms with Gasteiger partial charge in [-0.3, -0.25) is 9.59 Å². The molecule has 0 saturated heterocycles. The molecule has 1 heterocycles. The topological polar surface area (TPSA) is 58.6 Å². The van der Waals surface area contributed by atoms with E-state index in [1.165, 1.54) is 5.56 Å². The highest BCUT2D eigenvalue weighted by molar-refractivity contribution is 5.98. The van der Waals surface area contributed by atoms with Crippen molar-refractivity contribution in [2.75, 3.05) is 18.6 Å². The standard InChI is InChI=1S/C22H24N2O3/c1-27-20-7-3-2-6-18(20)21(25)23-14-15-8-11-19-17(13-15)5-4-12-24(19)22(26)16-9-10-16/h2-3,6-8,11,13,16H,4-5,9-10,12,14H2,1H3,(H,23,25). The molecule has 0 atom stereocenters. The van der Waals surface area contributed by atoms with Crippen molar-refractivity contribution in [2.45, 2.75) is 32.2 Å². The van der Waals surface area contributed by atoms with Crippen LogP contribution in [0.4, 0.5) is 5.69 Å². The summed E-state index contributed by atoms with van der Waals surface area (Å²) in [7, 11) is 1.56. The monoisotopic (exact) mass is 364 g/mol. The number of para-hydroxylation sites is 1. The smallest absolute Gasteiger partial charge is 0.255 e. The summed E-state index contributed by atoms with van der Waals surface area (Å²) in [6, 6.07) is 13.3. The summed E-state index contributed by atoms with van der Waals surface area (Å²) in [6.45, 7) is 1.26. The molecule has 0 bridgehead atoms. The number of methoxy groups -OCH3 is 1. The van der Waals surface area contributed by atoms with E-state index < -0.39 is 0 Å². The lowest BCUT2D eigenvalue weighted by Crippen LogP contribution is -2.36. The Morgan fingerprint density at radius 3 is 2.78 bits per heavy atom. The van der Waals surface area contributed by atoms with Crippen molar-refractivity contribution in [1.82, 2.24) is 5.32 Å².